The Morgan fingerprint density at radius 1 is 1.24 bits per heavy atom. The van der Waals surface area contributed by atoms with Crippen LogP contribution in [0, 0.1) is 5.82 Å². The second kappa shape index (κ2) is 5.18. The number of aromatic nitrogens is 3. The van der Waals surface area contributed by atoms with Gasteiger partial charge in [-0.3, -0.25) is 9.67 Å². The summed E-state index contributed by atoms with van der Waals surface area (Å²) >= 11 is 6.04. The predicted octanol–water partition coefficient (Wildman–Crippen LogP) is 3.52. The summed E-state index contributed by atoms with van der Waals surface area (Å²) < 4.78 is 14.6. The van der Waals surface area contributed by atoms with E-state index in [9.17, 15) is 4.39 Å². The van der Waals surface area contributed by atoms with Gasteiger partial charge in [0.1, 0.15) is 17.3 Å². The van der Waals surface area contributed by atoms with Crippen molar-refractivity contribution in [3.05, 3.63) is 53.4 Å². The molecule has 0 radical (unpaired) electrons. The van der Waals surface area contributed by atoms with E-state index >= 15 is 0 Å². The van der Waals surface area contributed by atoms with Gasteiger partial charge >= 0.3 is 0 Å². The van der Waals surface area contributed by atoms with Gasteiger partial charge in [-0.05, 0) is 29.8 Å². The van der Waals surface area contributed by atoms with Crippen molar-refractivity contribution in [3.63, 3.8) is 0 Å². The van der Waals surface area contributed by atoms with Crippen LogP contribution in [0.25, 0.3) is 22.5 Å². The molecule has 2 N–H and O–H groups in total. The zero-order valence-electron chi connectivity index (χ0n) is 11.2. The SMILES string of the molecule is Cn1nc(-c2ccc(F)cn2)c(-c2cccc(Cl)c2)c1N. The van der Waals surface area contributed by atoms with Gasteiger partial charge in [0.25, 0.3) is 0 Å². The Balaban J connectivity index is 2.23. The number of aryl methyl sites for hydroxylation is 1. The lowest BCUT2D eigenvalue weighted by molar-refractivity contribution is 0.621. The molecule has 0 bridgehead atoms. The highest BCUT2D eigenvalue weighted by Crippen LogP contribution is 2.35. The maximum atomic E-state index is 13.0. The van der Waals surface area contributed by atoms with E-state index in [1.165, 1.54) is 6.07 Å². The van der Waals surface area contributed by atoms with Crippen LogP contribution < -0.4 is 5.73 Å². The molecule has 0 saturated carbocycles. The zero-order chi connectivity index (χ0) is 15.0. The fraction of sp³-hybridized carbons (Fsp3) is 0.0667. The number of hydrogen-bond donors (Lipinski definition) is 1. The number of hydrogen-bond acceptors (Lipinski definition) is 3. The lowest BCUT2D eigenvalue weighted by Gasteiger charge is -2.04. The molecule has 2 aromatic heterocycles. The Morgan fingerprint density at radius 3 is 2.71 bits per heavy atom. The van der Waals surface area contributed by atoms with E-state index in [1.807, 2.05) is 18.2 Å². The van der Waals surface area contributed by atoms with Crippen LogP contribution in [-0.4, -0.2) is 14.8 Å². The molecular formula is C15H12ClFN4. The first-order valence-electron chi connectivity index (χ1n) is 6.26. The van der Waals surface area contributed by atoms with Crippen molar-refractivity contribution < 1.29 is 4.39 Å². The third-order valence-corrected chi connectivity index (χ3v) is 3.41. The summed E-state index contributed by atoms with van der Waals surface area (Å²) in [4.78, 5) is 4.07. The summed E-state index contributed by atoms with van der Waals surface area (Å²) in [6, 6.07) is 10.2. The van der Waals surface area contributed by atoms with Crippen molar-refractivity contribution in [2.24, 2.45) is 7.05 Å². The molecular weight excluding hydrogens is 291 g/mol. The first-order valence-corrected chi connectivity index (χ1v) is 6.64. The molecule has 0 aliphatic heterocycles. The van der Waals surface area contributed by atoms with Crippen molar-refractivity contribution in [1.82, 2.24) is 14.8 Å². The van der Waals surface area contributed by atoms with Gasteiger partial charge in [0.05, 0.1) is 17.5 Å². The Morgan fingerprint density at radius 2 is 2.05 bits per heavy atom. The first-order chi connectivity index (χ1) is 10.1. The van der Waals surface area contributed by atoms with Gasteiger partial charge in [-0.1, -0.05) is 23.7 Å². The lowest BCUT2D eigenvalue weighted by atomic mass is 10.0. The number of pyridine rings is 1. The number of nitrogen functional groups attached to an aromatic ring is 1. The van der Waals surface area contributed by atoms with E-state index in [-0.39, 0.29) is 0 Å². The summed E-state index contributed by atoms with van der Waals surface area (Å²) in [7, 11) is 1.75. The fourth-order valence-corrected chi connectivity index (χ4v) is 2.35. The van der Waals surface area contributed by atoms with Crippen molar-refractivity contribution in [1.29, 1.82) is 0 Å². The summed E-state index contributed by atoms with van der Waals surface area (Å²) in [5.74, 6) is 0.102. The number of nitrogens with two attached hydrogens (primary N) is 1. The van der Waals surface area contributed by atoms with Gasteiger partial charge in [-0.15, -0.1) is 0 Å². The number of benzene rings is 1. The summed E-state index contributed by atoms with van der Waals surface area (Å²) in [6.45, 7) is 0. The van der Waals surface area contributed by atoms with Gasteiger partial charge in [0, 0.05) is 12.1 Å². The second-order valence-electron chi connectivity index (χ2n) is 4.60. The molecule has 0 aliphatic carbocycles. The molecule has 21 heavy (non-hydrogen) atoms. The Bertz CT molecular complexity index is 796. The summed E-state index contributed by atoms with van der Waals surface area (Å²) in [6.07, 6.45) is 1.15. The molecule has 0 fully saturated rings. The predicted molar refractivity (Wildman–Crippen MR) is 81.3 cm³/mol. The maximum Gasteiger partial charge on any atom is 0.141 e. The topological polar surface area (TPSA) is 56.7 Å². The first kappa shape index (κ1) is 13.6. The molecule has 0 atom stereocenters. The highest BCUT2D eigenvalue weighted by atomic mass is 35.5. The van der Waals surface area contributed by atoms with Crippen LogP contribution in [0.2, 0.25) is 5.02 Å². The van der Waals surface area contributed by atoms with Crippen molar-refractivity contribution >= 4 is 17.4 Å². The number of rotatable bonds is 2. The molecule has 3 aromatic rings. The van der Waals surface area contributed by atoms with Crippen LogP contribution in [0.5, 0.6) is 0 Å². The van der Waals surface area contributed by atoms with Crippen LogP contribution in [-0.2, 0) is 7.05 Å². The number of nitrogens with zero attached hydrogens (tertiary/aromatic N) is 3. The van der Waals surface area contributed by atoms with Gasteiger partial charge in [0.2, 0.25) is 0 Å². The lowest BCUT2D eigenvalue weighted by Crippen LogP contribution is -1.97. The van der Waals surface area contributed by atoms with Crippen LogP contribution in [0.15, 0.2) is 42.6 Å². The molecule has 0 aliphatic rings. The molecule has 0 spiro atoms. The minimum Gasteiger partial charge on any atom is -0.383 e. The normalized spacial score (nSPS) is 10.8. The molecule has 3 rings (SSSR count). The minimum absolute atomic E-state index is 0.396. The molecule has 106 valence electrons. The van der Waals surface area contributed by atoms with E-state index in [0.717, 1.165) is 17.3 Å². The smallest absolute Gasteiger partial charge is 0.141 e. The zero-order valence-corrected chi connectivity index (χ0v) is 12.0. The van der Waals surface area contributed by atoms with Crippen molar-refractivity contribution in [2.75, 3.05) is 5.73 Å². The van der Waals surface area contributed by atoms with E-state index in [2.05, 4.69) is 10.1 Å². The highest BCUT2D eigenvalue weighted by Gasteiger charge is 2.18. The molecule has 0 saturated heterocycles. The van der Waals surface area contributed by atoms with Crippen LogP contribution in [0.1, 0.15) is 0 Å². The van der Waals surface area contributed by atoms with E-state index < -0.39 is 5.82 Å². The molecule has 4 nitrogen and oxygen atoms in total. The molecule has 0 amide bonds. The third-order valence-electron chi connectivity index (χ3n) is 3.17. The molecule has 1 aromatic carbocycles. The van der Waals surface area contributed by atoms with Gasteiger partial charge in [-0.25, -0.2) is 4.39 Å². The summed E-state index contributed by atoms with van der Waals surface area (Å²) in [5, 5.41) is 4.99. The van der Waals surface area contributed by atoms with E-state index in [0.29, 0.717) is 22.2 Å². The standard InChI is InChI=1S/C15H12ClFN4/c1-21-15(18)13(9-3-2-4-10(16)7-9)14(20-21)12-6-5-11(17)8-19-12/h2-8H,18H2,1H3. The monoisotopic (exact) mass is 302 g/mol. The van der Waals surface area contributed by atoms with E-state index in [1.54, 1.807) is 23.9 Å². The Kier molecular flexibility index (Phi) is 3.35. The highest BCUT2D eigenvalue weighted by molar-refractivity contribution is 6.30. The minimum atomic E-state index is -0.396. The molecule has 0 unspecified atom stereocenters. The average Bonchev–Trinajstić information content (AvgIpc) is 2.76. The second-order valence-corrected chi connectivity index (χ2v) is 5.04. The van der Waals surface area contributed by atoms with Gasteiger partial charge in [0.15, 0.2) is 0 Å². The van der Waals surface area contributed by atoms with Crippen LogP contribution >= 0.6 is 11.6 Å². The Labute approximate surface area is 126 Å². The largest absolute Gasteiger partial charge is 0.383 e. The van der Waals surface area contributed by atoms with Gasteiger partial charge in [-0.2, -0.15) is 5.10 Å². The van der Waals surface area contributed by atoms with Crippen LogP contribution in [0.3, 0.4) is 0 Å². The number of halogens is 2. The van der Waals surface area contributed by atoms with Crippen LogP contribution in [0.4, 0.5) is 10.2 Å². The summed E-state index contributed by atoms with van der Waals surface area (Å²) in [5.41, 5.74) is 8.83. The fourth-order valence-electron chi connectivity index (χ4n) is 2.16. The third kappa shape index (κ3) is 2.48. The van der Waals surface area contributed by atoms with Crippen molar-refractivity contribution in [3.8, 4) is 22.5 Å². The van der Waals surface area contributed by atoms with E-state index in [4.69, 9.17) is 17.3 Å². The Hall–Kier alpha value is -2.40. The molecule has 2 heterocycles. The van der Waals surface area contributed by atoms with Crippen molar-refractivity contribution in [2.45, 2.75) is 0 Å². The quantitative estimate of drug-likeness (QED) is 0.788. The van der Waals surface area contributed by atoms with Gasteiger partial charge < -0.3 is 5.73 Å². The maximum absolute atomic E-state index is 13.0. The average molecular weight is 303 g/mol. The number of anilines is 1. The molecule has 6 heteroatoms.